The number of carbonyl (C=O) groups excluding carboxylic acids is 1. The van der Waals surface area contributed by atoms with Gasteiger partial charge >= 0.3 is 0 Å². The molecule has 4 heteroatoms. The maximum Gasteiger partial charge on any atom is 0.230 e. The molecule has 1 aromatic rings. The molecule has 2 rings (SSSR count). The van der Waals surface area contributed by atoms with E-state index in [0.717, 1.165) is 29.8 Å². The molecule has 0 unspecified atom stereocenters. The van der Waals surface area contributed by atoms with E-state index in [4.69, 9.17) is 0 Å². The molecular weight excluding hydrogens is 262 g/mol. The van der Waals surface area contributed by atoms with Gasteiger partial charge in [0.15, 0.2) is 0 Å². The summed E-state index contributed by atoms with van der Waals surface area (Å²) in [6.07, 6.45) is 2.31. The molecule has 0 spiro atoms. The second-order valence-corrected chi connectivity index (χ2v) is 6.89. The van der Waals surface area contributed by atoms with Crippen LogP contribution in [0.4, 0.5) is 0 Å². The number of rotatable bonds is 5. The molecule has 21 heavy (non-hydrogen) atoms. The lowest BCUT2D eigenvalue weighted by Gasteiger charge is -2.34. The Hall–Kier alpha value is -1.32. The summed E-state index contributed by atoms with van der Waals surface area (Å²) < 4.78 is 1.88. The molecule has 1 amide bonds. The highest BCUT2D eigenvalue weighted by atomic mass is 16.2. The van der Waals surface area contributed by atoms with Crippen molar-refractivity contribution < 1.29 is 4.79 Å². The Kier molecular flexibility index (Phi) is 4.45. The van der Waals surface area contributed by atoms with Crippen LogP contribution in [-0.4, -0.2) is 32.7 Å². The Balaban J connectivity index is 2.28. The summed E-state index contributed by atoms with van der Waals surface area (Å²) in [6, 6.07) is 0.749. The van der Waals surface area contributed by atoms with Gasteiger partial charge in [-0.15, -0.1) is 0 Å². The Morgan fingerprint density at radius 2 is 1.81 bits per heavy atom. The molecule has 1 heterocycles. The summed E-state index contributed by atoms with van der Waals surface area (Å²) in [7, 11) is 1.94. The van der Waals surface area contributed by atoms with E-state index in [-0.39, 0.29) is 11.8 Å². The van der Waals surface area contributed by atoms with Crippen LogP contribution in [0.5, 0.6) is 0 Å². The van der Waals surface area contributed by atoms with Gasteiger partial charge in [-0.25, -0.2) is 0 Å². The molecule has 0 N–H and O–H groups in total. The van der Waals surface area contributed by atoms with Crippen molar-refractivity contribution in [3.63, 3.8) is 0 Å². The van der Waals surface area contributed by atoms with Crippen LogP contribution in [0.25, 0.3) is 0 Å². The smallest absolute Gasteiger partial charge is 0.230 e. The number of carbonyl (C=O) groups is 1. The van der Waals surface area contributed by atoms with Crippen LogP contribution in [0.2, 0.25) is 0 Å². The number of hydrogen-bond donors (Lipinski definition) is 0. The lowest BCUT2D eigenvalue weighted by Crippen LogP contribution is -2.45. The van der Waals surface area contributed by atoms with Gasteiger partial charge in [0.25, 0.3) is 0 Å². The first kappa shape index (κ1) is 16.1. The monoisotopic (exact) mass is 291 g/mol. The minimum Gasteiger partial charge on any atom is -0.336 e. The highest BCUT2D eigenvalue weighted by Crippen LogP contribution is 2.34. The fourth-order valence-corrected chi connectivity index (χ4v) is 3.15. The van der Waals surface area contributed by atoms with Crippen molar-refractivity contribution in [2.45, 2.75) is 72.4 Å². The summed E-state index contributed by atoms with van der Waals surface area (Å²) >= 11 is 0. The Morgan fingerprint density at radius 1 is 1.24 bits per heavy atom. The van der Waals surface area contributed by atoms with E-state index in [2.05, 4.69) is 30.8 Å². The van der Waals surface area contributed by atoms with Gasteiger partial charge in [0.1, 0.15) is 0 Å². The number of amides is 1. The van der Waals surface area contributed by atoms with Gasteiger partial charge in [0, 0.05) is 30.4 Å². The molecule has 0 radical (unpaired) electrons. The van der Waals surface area contributed by atoms with Crippen molar-refractivity contribution in [3.05, 3.63) is 17.0 Å². The Bertz CT molecular complexity index is 528. The van der Waals surface area contributed by atoms with E-state index in [1.54, 1.807) is 0 Å². The second kappa shape index (κ2) is 5.82. The number of aryl methyl sites for hydroxylation is 2. The summed E-state index contributed by atoms with van der Waals surface area (Å²) in [6.45, 7) is 12.6. The molecule has 1 saturated carbocycles. The first-order chi connectivity index (χ1) is 9.75. The third kappa shape index (κ3) is 2.99. The van der Waals surface area contributed by atoms with Crippen molar-refractivity contribution in [2.24, 2.45) is 13.0 Å². The van der Waals surface area contributed by atoms with E-state index in [1.165, 1.54) is 0 Å². The molecule has 0 aromatic carbocycles. The van der Waals surface area contributed by atoms with Gasteiger partial charge in [-0.05, 0) is 46.5 Å². The minimum absolute atomic E-state index is 0.111. The molecular formula is C17H29N3O. The number of hydrogen-bond acceptors (Lipinski definition) is 2. The molecule has 0 bridgehead atoms. The number of nitrogens with zero attached hydrogens (tertiary/aromatic N) is 3. The van der Waals surface area contributed by atoms with Crippen molar-refractivity contribution in [1.29, 1.82) is 0 Å². The first-order valence-electron chi connectivity index (χ1n) is 8.08. The topological polar surface area (TPSA) is 38.1 Å². The zero-order valence-electron chi connectivity index (χ0n) is 14.5. The fraction of sp³-hybridized carbons (Fsp3) is 0.765. The summed E-state index contributed by atoms with van der Waals surface area (Å²) in [4.78, 5) is 15.2. The molecule has 1 aliphatic rings. The molecule has 1 aromatic heterocycles. The zero-order valence-corrected chi connectivity index (χ0v) is 14.5. The first-order valence-corrected chi connectivity index (χ1v) is 8.08. The predicted octanol–water partition coefficient (Wildman–Crippen LogP) is 3.18. The van der Waals surface area contributed by atoms with E-state index < -0.39 is 0 Å². The van der Waals surface area contributed by atoms with E-state index in [9.17, 15) is 4.79 Å². The zero-order chi connectivity index (χ0) is 15.9. The van der Waals surface area contributed by atoms with Crippen LogP contribution >= 0.6 is 0 Å². The van der Waals surface area contributed by atoms with E-state index in [0.29, 0.717) is 18.0 Å². The molecule has 1 fully saturated rings. The predicted molar refractivity (Wildman–Crippen MR) is 85.3 cm³/mol. The van der Waals surface area contributed by atoms with Crippen LogP contribution in [0.3, 0.4) is 0 Å². The lowest BCUT2D eigenvalue weighted by atomic mass is 9.95. The van der Waals surface area contributed by atoms with Crippen LogP contribution in [0.15, 0.2) is 0 Å². The Morgan fingerprint density at radius 3 is 2.19 bits per heavy atom. The normalized spacial score (nSPS) is 17.9. The average molecular weight is 291 g/mol. The summed E-state index contributed by atoms with van der Waals surface area (Å²) in [5.74, 6) is 0.635. The van der Waals surface area contributed by atoms with Gasteiger partial charge in [-0.1, -0.05) is 13.8 Å². The standard InChI is InChI=1S/C17H29N3O/c1-10(2)13(5)20(15-8-9-15)17(21)11(3)16-12(4)18-19(7)14(16)6/h10-11,13,15H,8-9H2,1-7H3/t11-,13+/m0/s1. The van der Waals surface area contributed by atoms with Crippen molar-refractivity contribution in [1.82, 2.24) is 14.7 Å². The highest BCUT2D eigenvalue weighted by molar-refractivity contribution is 5.84. The lowest BCUT2D eigenvalue weighted by molar-refractivity contribution is -0.136. The van der Waals surface area contributed by atoms with Gasteiger partial charge < -0.3 is 4.90 Å². The van der Waals surface area contributed by atoms with Crippen molar-refractivity contribution in [3.8, 4) is 0 Å². The van der Waals surface area contributed by atoms with Crippen LogP contribution < -0.4 is 0 Å². The molecule has 2 atom stereocenters. The molecule has 118 valence electrons. The van der Waals surface area contributed by atoms with Crippen LogP contribution in [0.1, 0.15) is 63.4 Å². The second-order valence-electron chi connectivity index (χ2n) is 6.89. The summed E-state index contributed by atoms with van der Waals surface area (Å²) in [5, 5.41) is 4.46. The maximum absolute atomic E-state index is 13.1. The Labute approximate surface area is 128 Å². The van der Waals surface area contributed by atoms with Crippen molar-refractivity contribution >= 4 is 5.91 Å². The maximum atomic E-state index is 13.1. The van der Waals surface area contributed by atoms with E-state index in [1.807, 2.05) is 32.5 Å². The van der Waals surface area contributed by atoms with Crippen LogP contribution in [-0.2, 0) is 11.8 Å². The van der Waals surface area contributed by atoms with Gasteiger partial charge in [-0.3, -0.25) is 9.48 Å². The van der Waals surface area contributed by atoms with Crippen molar-refractivity contribution in [2.75, 3.05) is 0 Å². The van der Waals surface area contributed by atoms with Crippen LogP contribution in [0, 0.1) is 19.8 Å². The molecule has 1 aliphatic carbocycles. The third-order valence-corrected chi connectivity index (χ3v) is 4.97. The van der Waals surface area contributed by atoms with Gasteiger partial charge in [0.2, 0.25) is 5.91 Å². The average Bonchev–Trinajstić information content (AvgIpc) is 3.18. The quantitative estimate of drug-likeness (QED) is 0.835. The van der Waals surface area contributed by atoms with Gasteiger partial charge in [-0.2, -0.15) is 5.10 Å². The summed E-state index contributed by atoms with van der Waals surface area (Å²) in [5.41, 5.74) is 3.18. The largest absolute Gasteiger partial charge is 0.336 e. The SMILES string of the molecule is Cc1nn(C)c(C)c1[C@H](C)C(=O)N(C1CC1)[C@H](C)C(C)C. The molecule has 4 nitrogen and oxygen atoms in total. The highest BCUT2D eigenvalue weighted by Gasteiger charge is 2.39. The number of aromatic nitrogens is 2. The molecule has 0 aliphatic heterocycles. The fourth-order valence-electron chi connectivity index (χ4n) is 3.15. The molecule has 0 saturated heterocycles. The van der Waals surface area contributed by atoms with Gasteiger partial charge in [0.05, 0.1) is 11.6 Å². The van der Waals surface area contributed by atoms with E-state index >= 15 is 0 Å². The minimum atomic E-state index is -0.111. The third-order valence-electron chi connectivity index (χ3n) is 4.97.